The Balaban J connectivity index is 2.10. The Morgan fingerprint density at radius 1 is 1.21 bits per heavy atom. The highest BCUT2D eigenvalue weighted by Crippen LogP contribution is 2.16. The first-order chi connectivity index (χ1) is 9.06. The van der Waals surface area contributed by atoms with E-state index in [1.165, 1.54) is 10.8 Å². The van der Waals surface area contributed by atoms with Crippen LogP contribution >= 0.6 is 15.9 Å². The largest absolute Gasteiger partial charge is 0.344 e. The lowest BCUT2D eigenvalue weighted by molar-refractivity contribution is -0.129. The number of fused-ring (bicyclic) bond motifs is 1. The van der Waals surface area contributed by atoms with E-state index in [-0.39, 0.29) is 5.91 Å². The second-order valence-corrected chi connectivity index (χ2v) is 6.48. The van der Waals surface area contributed by atoms with Gasteiger partial charge in [0.05, 0.1) is 6.42 Å². The van der Waals surface area contributed by atoms with Crippen molar-refractivity contribution in [3.8, 4) is 0 Å². The molecule has 0 spiro atoms. The SMILES string of the molecule is CC(Br)CN(C)C(=O)Cc1ccc2ccccc2c1. The Hall–Kier alpha value is -1.35. The summed E-state index contributed by atoms with van der Waals surface area (Å²) in [7, 11) is 1.85. The molecule has 0 radical (unpaired) electrons. The summed E-state index contributed by atoms with van der Waals surface area (Å²) in [6.07, 6.45) is 0.459. The zero-order valence-electron chi connectivity index (χ0n) is 11.3. The van der Waals surface area contributed by atoms with Crippen LogP contribution in [0.5, 0.6) is 0 Å². The Labute approximate surface area is 122 Å². The van der Waals surface area contributed by atoms with E-state index in [4.69, 9.17) is 0 Å². The highest BCUT2D eigenvalue weighted by Gasteiger charge is 2.11. The number of hydrogen-bond donors (Lipinski definition) is 0. The summed E-state index contributed by atoms with van der Waals surface area (Å²) in [5.41, 5.74) is 1.07. The molecule has 0 N–H and O–H groups in total. The molecule has 1 atom stereocenters. The molecule has 0 aromatic heterocycles. The first-order valence-electron chi connectivity index (χ1n) is 6.42. The minimum absolute atomic E-state index is 0.154. The molecule has 0 heterocycles. The van der Waals surface area contributed by atoms with E-state index < -0.39 is 0 Å². The first-order valence-corrected chi connectivity index (χ1v) is 7.33. The lowest BCUT2D eigenvalue weighted by atomic mass is 10.0. The Morgan fingerprint density at radius 2 is 1.89 bits per heavy atom. The Kier molecular flexibility index (Phi) is 4.59. The van der Waals surface area contributed by atoms with Crippen molar-refractivity contribution in [3.63, 3.8) is 0 Å². The van der Waals surface area contributed by atoms with Gasteiger partial charge in [0.25, 0.3) is 0 Å². The van der Waals surface area contributed by atoms with E-state index in [9.17, 15) is 4.79 Å². The van der Waals surface area contributed by atoms with Crippen molar-refractivity contribution >= 4 is 32.6 Å². The molecule has 0 saturated carbocycles. The first kappa shape index (κ1) is 14.1. The maximum Gasteiger partial charge on any atom is 0.226 e. The van der Waals surface area contributed by atoms with Crippen LogP contribution < -0.4 is 0 Å². The lowest BCUT2D eigenvalue weighted by Gasteiger charge is -2.18. The molecule has 100 valence electrons. The number of rotatable bonds is 4. The van der Waals surface area contributed by atoms with Crippen LogP contribution in [0.15, 0.2) is 42.5 Å². The molecule has 2 aromatic rings. The minimum Gasteiger partial charge on any atom is -0.344 e. The molecule has 0 fully saturated rings. The molecule has 2 rings (SSSR count). The highest BCUT2D eigenvalue weighted by atomic mass is 79.9. The van der Waals surface area contributed by atoms with Gasteiger partial charge in [-0.15, -0.1) is 0 Å². The van der Waals surface area contributed by atoms with Crippen LogP contribution in [0.1, 0.15) is 12.5 Å². The summed E-state index contributed by atoms with van der Waals surface area (Å²) in [5, 5.41) is 2.39. The fourth-order valence-corrected chi connectivity index (χ4v) is 2.57. The second-order valence-electron chi connectivity index (χ2n) is 4.91. The van der Waals surface area contributed by atoms with Crippen molar-refractivity contribution in [2.75, 3.05) is 13.6 Å². The topological polar surface area (TPSA) is 20.3 Å². The van der Waals surface area contributed by atoms with E-state index in [0.29, 0.717) is 11.2 Å². The molecule has 1 unspecified atom stereocenters. The predicted octanol–water partition coefficient (Wildman–Crippen LogP) is 3.62. The van der Waals surface area contributed by atoms with Gasteiger partial charge in [-0.2, -0.15) is 0 Å². The number of carbonyl (C=O) groups is 1. The molecular weight excluding hydrogens is 302 g/mol. The van der Waals surface area contributed by atoms with Crippen molar-refractivity contribution in [2.45, 2.75) is 18.2 Å². The summed E-state index contributed by atoms with van der Waals surface area (Å²) < 4.78 is 0. The Bertz CT molecular complexity index is 580. The fraction of sp³-hybridized carbons (Fsp3) is 0.312. The average molecular weight is 320 g/mol. The van der Waals surface area contributed by atoms with Crippen LogP contribution in [-0.2, 0) is 11.2 Å². The van der Waals surface area contributed by atoms with Crippen LogP contribution in [0, 0.1) is 0 Å². The van der Waals surface area contributed by atoms with Crippen molar-refractivity contribution < 1.29 is 4.79 Å². The zero-order chi connectivity index (χ0) is 13.8. The van der Waals surface area contributed by atoms with Gasteiger partial charge in [0.15, 0.2) is 0 Å². The van der Waals surface area contributed by atoms with Crippen molar-refractivity contribution in [1.29, 1.82) is 0 Å². The van der Waals surface area contributed by atoms with Crippen molar-refractivity contribution in [1.82, 2.24) is 4.90 Å². The van der Waals surface area contributed by atoms with Crippen molar-refractivity contribution in [2.24, 2.45) is 0 Å². The summed E-state index contributed by atoms with van der Waals surface area (Å²) in [6, 6.07) is 14.4. The summed E-state index contributed by atoms with van der Waals surface area (Å²) in [4.78, 5) is 14.2. The molecule has 1 amide bonds. The quantitative estimate of drug-likeness (QED) is 0.788. The number of halogens is 1. The summed E-state index contributed by atoms with van der Waals surface area (Å²) >= 11 is 3.47. The molecule has 0 saturated heterocycles. The molecule has 2 aromatic carbocycles. The van der Waals surface area contributed by atoms with Gasteiger partial charge in [0, 0.05) is 18.4 Å². The van der Waals surface area contributed by atoms with Gasteiger partial charge in [-0.1, -0.05) is 65.3 Å². The number of hydrogen-bond acceptors (Lipinski definition) is 1. The van der Waals surface area contributed by atoms with Gasteiger partial charge < -0.3 is 4.90 Å². The third kappa shape index (κ3) is 3.80. The van der Waals surface area contributed by atoms with Crippen LogP contribution in [0.4, 0.5) is 0 Å². The van der Waals surface area contributed by atoms with Crippen molar-refractivity contribution in [3.05, 3.63) is 48.0 Å². The number of nitrogens with zero attached hydrogens (tertiary/aromatic N) is 1. The van der Waals surface area contributed by atoms with Crippen LogP contribution in [-0.4, -0.2) is 29.2 Å². The molecule has 2 nitrogen and oxygen atoms in total. The molecule has 0 aliphatic carbocycles. The van der Waals surface area contributed by atoms with E-state index in [0.717, 1.165) is 12.1 Å². The van der Waals surface area contributed by atoms with Gasteiger partial charge in [-0.3, -0.25) is 4.79 Å². The van der Waals surface area contributed by atoms with E-state index in [1.54, 1.807) is 4.90 Å². The van der Waals surface area contributed by atoms with Gasteiger partial charge in [0.1, 0.15) is 0 Å². The third-order valence-corrected chi connectivity index (χ3v) is 3.41. The fourth-order valence-electron chi connectivity index (χ4n) is 2.14. The standard InChI is InChI=1S/C16H18BrNO/c1-12(17)11-18(2)16(19)10-13-7-8-14-5-3-4-6-15(14)9-13/h3-9,12H,10-11H2,1-2H3. The molecule has 0 aliphatic rings. The van der Waals surface area contributed by atoms with E-state index in [2.05, 4.69) is 40.2 Å². The molecule has 0 aliphatic heterocycles. The maximum atomic E-state index is 12.1. The predicted molar refractivity (Wildman–Crippen MR) is 83.7 cm³/mol. The van der Waals surface area contributed by atoms with Gasteiger partial charge in [-0.05, 0) is 16.3 Å². The monoisotopic (exact) mass is 319 g/mol. The number of alkyl halides is 1. The van der Waals surface area contributed by atoms with Crippen LogP contribution in [0.2, 0.25) is 0 Å². The van der Waals surface area contributed by atoms with Crippen LogP contribution in [0.3, 0.4) is 0 Å². The second kappa shape index (κ2) is 6.20. The van der Waals surface area contributed by atoms with E-state index in [1.807, 2.05) is 32.2 Å². The third-order valence-electron chi connectivity index (χ3n) is 3.12. The number of carbonyl (C=O) groups excluding carboxylic acids is 1. The molecule has 19 heavy (non-hydrogen) atoms. The average Bonchev–Trinajstić information content (AvgIpc) is 2.37. The van der Waals surface area contributed by atoms with Gasteiger partial charge >= 0.3 is 0 Å². The Morgan fingerprint density at radius 3 is 2.58 bits per heavy atom. The van der Waals surface area contributed by atoms with E-state index >= 15 is 0 Å². The van der Waals surface area contributed by atoms with Gasteiger partial charge in [-0.25, -0.2) is 0 Å². The normalized spacial score (nSPS) is 12.4. The highest BCUT2D eigenvalue weighted by molar-refractivity contribution is 9.09. The smallest absolute Gasteiger partial charge is 0.226 e. The lowest BCUT2D eigenvalue weighted by Crippen LogP contribution is -2.32. The molecule has 3 heteroatoms. The zero-order valence-corrected chi connectivity index (χ0v) is 12.9. The van der Waals surface area contributed by atoms with Crippen LogP contribution in [0.25, 0.3) is 10.8 Å². The summed E-state index contributed by atoms with van der Waals surface area (Å²) in [6.45, 7) is 2.77. The summed E-state index contributed by atoms with van der Waals surface area (Å²) in [5.74, 6) is 0.154. The molecular formula is C16H18BrNO. The maximum absolute atomic E-state index is 12.1. The number of benzene rings is 2. The number of amides is 1. The minimum atomic E-state index is 0.154. The number of likely N-dealkylation sites (N-methyl/N-ethyl adjacent to an activating group) is 1. The van der Waals surface area contributed by atoms with Gasteiger partial charge in [0.2, 0.25) is 5.91 Å². The molecule has 0 bridgehead atoms.